The van der Waals surface area contributed by atoms with E-state index in [9.17, 15) is 4.79 Å². The number of carbonyl (C=O) groups excluding carboxylic acids is 1. The Bertz CT molecular complexity index is 894. The fourth-order valence-corrected chi connectivity index (χ4v) is 3.33. The Hall–Kier alpha value is -2.93. The van der Waals surface area contributed by atoms with Gasteiger partial charge in [0.05, 0.1) is 24.3 Å². The maximum atomic E-state index is 12.4. The van der Waals surface area contributed by atoms with E-state index in [1.807, 2.05) is 61.5 Å². The van der Waals surface area contributed by atoms with Crippen molar-refractivity contribution in [1.29, 1.82) is 0 Å². The smallest absolute Gasteiger partial charge is 0.233 e. The van der Waals surface area contributed by atoms with Crippen molar-refractivity contribution >= 4 is 17.7 Å². The Labute approximate surface area is 162 Å². The summed E-state index contributed by atoms with van der Waals surface area (Å²) in [5.41, 5.74) is 2.78. The predicted octanol–water partition coefficient (Wildman–Crippen LogP) is 3.07. The van der Waals surface area contributed by atoms with Crippen molar-refractivity contribution in [3.8, 4) is 17.0 Å². The number of benzene rings is 2. The first-order valence-electron chi connectivity index (χ1n) is 8.54. The first kappa shape index (κ1) is 18.8. The van der Waals surface area contributed by atoms with Gasteiger partial charge >= 0.3 is 0 Å². The van der Waals surface area contributed by atoms with Crippen LogP contribution in [0.15, 0.2) is 66.0 Å². The number of amides is 1. The third-order valence-corrected chi connectivity index (χ3v) is 5.13. The third kappa shape index (κ3) is 4.83. The summed E-state index contributed by atoms with van der Waals surface area (Å²) in [7, 11) is 1.63. The molecule has 0 aliphatic carbocycles. The Morgan fingerprint density at radius 1 is 1.22 bits per heavy atom. The molecule has 6 nitrogen and oxygen atoms in total. The van der Waals surface area contributed by atoms with Gasteiger partial charge in [0.15, 0.2) is 5.16 Å². The maximum Gasteiger partial charge on any atom is 0.233 e. The molecule has 3 N–H and O–H groups in total. The van der Waals surface area contributed by atoms with Crippen molar-refractivity contribution < 1.29 is 9.53 Å². The van der Waals surface area contributed by atoms with Gasteiger partial charge in [0.2, 0.25) is 5.91 Å². The zero-order valence-electron chi connectivity index (χ0n) is 15.3. The third-order valence-electron chi connectivity index (χ3n) is 4.05. The van der Waals surface area contributed by atoms with E-state index in [0.717, 1.165) is 22.6 Å². The van der Waals surface area contributed by atoms with E-state index < -0.39 is 0 Å². The van der Waals surface area contributed by atoms with Crippen molar-refractivity contribution in [2.45, 2.75) is 23.9 Å². The zero-order valence-corrected chi connectivity index (χ0v) is 16.1. The number of nitrogens with two attached hydrogens (primary N) is 1. The highest BCUT2D eigenvalue weighted by Gasteiger charge is 2.18. The summed E-state index contributed by atoms with van der Waals surface area (Å²) in [4.78, 5) is 16.9. The molecule has 1 amide bonds. The fraction of sp³-hybridized carbons (Fsp3) is 0.200. The van der Waals surface area contributed by atoms with Crippen molar-refractivity contribution in [2.75, 3.05) is 13.0 Å². The van der Waals surface area contributed by atoms with Gasteiger partial charge in [0.1, 0.15) is 5.75 Å². The molecule has 0 bridgehead atoms. The monoisotopic (exact) mass is 382 g/mol. The Kier molecular flexibility index (Phi) is 6.03. The topological polar surface area (TPSA) is 82.2 Å². The number of thioether (sulfide) groups is 1. The number of nitrogens with zero attached hydrogens (tertiary/aromatic N) is 2. The van der Waals surface area contributed by atoms with E-state index in [1.165, 1.54) is 16.4 Å². The van der Waals surface area contributed by atoms with E-state index >= 15 is 0 Å². The molecule has 0 unspecified atom stereocenters. The van der Waals surface area contributed by atoms with Crippen LogP contribution in [0, 0.1) is 0 Å². The Morgan fingerprint density at radius 2 is 1.93 bits per heavy atom. The number of hydrogen-bond donors (Lipinski definition) is 2. The molecule has 1 atom stereocenters. The summed E-state index contributed by atoms with van der Waals surface area (Å²) in [5.74, 6) is 6.73. The summed E-state index contributed by atoms with van der Waals surface area (Å²) in [6, 6.07) is 17.4. The molecule has 0 fully saturated rings. The van der Waals surface area contributed by atoms with Crippen molar-refractivity contribution in [2.24, 2.45) is 0 Å². The second kappa shape index (κ2) is 8.64. The molecular weight excluding hydrogens is 360 g/mol. The number of rotatable bonds is 7. The highest BCUT2D eigenvalue weighted by molar-refractivity contribution is 8.00. The van der Waals surface area contributed by atoms with E-state index in [2.05, 4.69) is 10.3 Å². The molecule has 3 aromatic rings. The highest BCUT2D eigenvalue weighted by Crippen LogP contribution is 2.25. The van der Waals surface area contributed by atoms with Gasteiger partial charge in [-0.25, -0.2) is 9.66 Å². The van der Waals surface area contributed by atoms with Gasteiger partial charge < -0.3 is 15.9 Å². The standard InChI is InChI=1S/C20H22N4O2S/c1-14(19(25)22-12-15-8-10-17(26-2)11-9-15)27-20-23-18(13-24(20)21)16-6-4-3-5-7-16/h3-11,13-14H,12,21H2,1-2H3,(H,22,25)/t14-/m0/s1. The molecule has 0 saturated carbocycles. The van der Waals surface area contributed by atoms with E-state index in [0.29, 0.717) is 11.7 Å². The van der Waals surface area contributed by atoms with Crippen LogP contribution in [-0.2, 0) is 11.3 Å². The summed E-state index contributed by atoms with van der Waals surface area (Å²) in [6.07, 6.45) is 1.76. The van der Waals surface area contributed by atoms with Crippen LogP contribution in [0.5, 0.6) is 5.75 Å². The van der Waals surface area contributed by atoms with Crippen LogP contribution >= 0.6 is 11.8 Å². The molecular formula is C20H22N4O2S. The summed E-state index contributed by atoms with van der Waals surface area (Å²) < 4.78 is 6.59. The van der Waals surface area contributed by atoms with E-state index in [4.69, 9.17) is 10.6 Å². The van der Waals surface area contributed by atoms with Crippen molar-refractivity contribution in [3.63, 3.8) is 0 Å². The molecule has 140 valence electrons. The highest BCUT2D eigenvalue weighted by atomic mass is 32.2. The minimum Gasteiger partial charge on any atom is -0.497 e. The molecule has 3 rings (SSSR count). The quantitative estimate of drug-likeness (QED) is 0.485. The second-order valence-corrected chi connectivity index (χ2v) is 7.32. The van der Waals surface area contributed by atoms with Crippen LogP contribution in [0.25, 0.3) is 11.3 Å². The SMILES string of the molecule is COc1ccc(CNC(=O)[C@H](C)Sc2nc(-c3ccccc3)cn2N)cc1. The molecule has 0 radical (unpaired) electrons. The lowest BCUT2D eigenvalue weighted by atomic mass is 10.2. The lowest BCUT2D eigenvalue weighted by molar-refractivity contribution is -0.120. The molecule has 0 aliphatic heterocycles. The summed E-state index contributed by atoms with van der Waals surface area (Å²) in [5, 5.41) is 3.21. The number of carbonyl (C=O) groups is 1. The summed E-state index contributed by atoms with van der Waals surface area (Å²) >= 11 is 1.33. The van der Waals surface area contributed by atoms with E-state index in [-0.39, 0.29) is 11.2 Å². The zero-order chi connectivity index (χ0) is 19.2. The Morgan fingerprint density at radius 3 is 2.59 bits per heavy atom. The number of ether oxygens (including phenoxy) is 1. The van der Waals surface area contributed by atoms with Crippen LogP contribution in [0.2, 0.25) is 0 Å². The predicted molar refractivity (Wildman–Crippen MR) is 108 cm³/mol. The van der Waals surface area contributed by atoms with Gasteiger partial charge in [-0.15, -0.1) is 0 Å². The number of imidazole rings is 1. The number of methoxy groups -OCH3 is 1. The number of aromatic nitrogens is 2. The van der Waals surface area contributed by atoms with E-state index in [1.54, 1.807) is 13.3 Å². The van der Waals surface area contributed by atoms with Crippen LogP contribution in [-0.4, -0.2) is 27.9 Å². The molecule has 7 heteroatoms. The van der Waals surface area contributed by atoms with Gasteiger partial charge in [0, 0.05) is 12.1 Å². The molecule has 1 heterocycles. The first-order chi connectivity index (χ1) is 13.1. The summed E-state index contributed by atoms with van der Waals surface area (Å²) in [6.45, 7) is 2.30. The minimum atomic E-state index is -0.323. The van der Waals surface area contributed by atoms with Gasteiger partial charge in [0.25, 0.3) is 0 Å². The minimum absolute atomic E-state index is 0.0694. The largest absolute Gasteiger partial charge is 0.497 e. The van der Waals surface area contributed by atoms with Crippen LogP contribution in [0.1, 0.15) is 12.5 Å². The second-order valence-electron chi connectivity index (χ2n) is 6.01. The van der Waals surface area contributed by atoms with Crippen LogP contribution in [0.4, 0.5) is 0 Å². The number of nitrogen functional groups attached to an aromatic ring is 1. The maximum absolute atomic E-state index is 12.4. The van der Waals surface area contributed by atoms with Gasteiger partial charge in [-0.3, -0.25) is 4.79 Å². The molecule has 0 saturated heterocycles. The average molecular weight is 382 g/mol. The number of hydrogen-bond acceptors (Lipinski definition) is 5. The molecule has 2 aromatic carbocycles. The van der Waals surface area contributed by atoms with Crippen LogP contribution in [0.3, 0.4) is 0 Å². The molecule has 0 spiro atoms. The lowest BCUT2D eigenvalue weighted by Gasteiger charge is -2.11. The van der Waals surface area contributed by atoms with Gasteiger partial charge in [-0.2, -0.15) is 0 Å². The normalized spacial score (nSPS) is 11.8. The Balaban J connectivity index is 1.58. The first-order valence-corrected chi connectivity index (χ1v) is 9.42. The fourth-order valence-electron chi connectivity index (χ4n) is 2.50. The molecule has 27 heavy (non-hydrogen) atoms. The number of nitrogens with one attached hydrogen (secondary N) is 1. The van der Waals surface area contributed by atoms with Crippen LogP contribution < -0.4 is 15.9 Å². The van der Waals surface area contributed by atoms with Gasteiger partial charge in [-0.1, -0.05) is 54.2 Å². The van der Waals surface area contributed by atoms with Gasteiger partial charge in [-0.05, 0) is 24.6 Å². The molecule has 0 aliphatic rings. The molecule has 1 aromatic heterocycles. The van der Waals surface area contributed by atoms with Crippen molar-refractivity contribution in [3.05, 3.63) is 66.4 Å². The average Bonchev–Trinajstić information content (AvgIpc) is 3.07. The lowest BCUT2D eigenvalue weighted by Crippen LogP contribution is -2.30. The van der Waals surface area contributed by atoms with Crippen molar-refractivity contribution in [1.82, 2.24) is 15.0 Å².